The van der Waals surface area contributed by atoms with Gasteiger partial charge in [0.25, 0.3) is 5.91 Å². The van der Waals surface area contributed by atoms with Crippen molar-refractivity contribution in [2.75, 3.05) is 13.2 Å². The highest BCUT2D eigenvalue weighted by atomic mass is 16.5. The van der Waals surface area contributed by atoms with Crippen LogP contribution in [0.5, 0.6) is 5.75 Å². The van der Waals surface area contributed by atoms with Crippen molar-refractivity contribution in [1.82, 2.24) is 10.6 Å². The van der Waals surface area contributed by atoms with E-state index in [1.165, 1.54) is 0 Å². The molecule has 5 nitrogen and oxygen atoms in total. The molecule has 5 heteroatoms. The average molecular weight is 336 g/mol. The third-order valence-corrected chi connectivity index (χ3v) is 4.95. The Hall–Kier alpha value is -2.82. The number of hydrogen-bond donors (Lipinski definition) is 2. The minimum atomic E-state index is -0.370. The summed E-state index contributed by atoms with van der Waals surface area (Å²) in [5.74, 6) is 0.319. The van der Waals surface area contributed by atoms with Crippen molar-refractivity contribution < 1.29 is 14.3 Å². The Balaban J connectivity index is 1.59. The molecule has 1 unspecified atom stereocenters. The van der Waals surface area contributed by atoms with Crippen molar-refractivity contribution in [3.05, 3.63) is 64.7 Å². The molecule has 2 aliphatic heterocycles. The number of hydrogen-bond acceptors (Lipinski definition) is 3. The Bertz CT molecular complexity index is 847. The number of carbonyl (C=O) groups excluding carboxylic acids is 2. The van der Waals surface area contributed by atoms with E-state index in [2.05, 4.69) is 10.6 Å². The van der Waals surface area contributed by atoms with Crippen LogP contribution in [0.1, 0.15) is 45.4 Å². The van der Waals surface area contributed by atoms with E-state index in [4.69, 9.17) is 4.74 Å². The number of benzene rings is 2. The highest BCUT2D eigenvalue weighted by Gasteiger charge is 2.32. The van der Waals surface area contributed by atoms with Crippen LogP contribution in [-0.4, -0.2) is 25.0 Å². The fraction of sp³-hybridized carbons (Fsp3) is 0.300. The molecule has 0 bridgehead atoms. The lowest BCUT2D eigenvalue weighted by atomic mass is 9.89. The van der Waals surface area contributed by atoms with Crippen molar-refractivity contribution in [2.45, 2.75) is 25.3 Å². The van der Waals surface area contributed by atoms with Gasteiger partial charge >= 0.3 is 0 Å². The predicted molar refractivity (Wildman–Crippen MR) is 93.7 cm³/mol. The van der Waals surface area contributed by atoms with Gasteiger partial charge in [0.2, 0.25) is 5.91 Å². The van der Waals surface area contributed by atoms with Crippen molar-refractivity contribution in [3.63, 3.8) is 0 Å². The van der Waals surface area contributed by atoms with Crippen LogP contribution in [0, 0.1) is 6.92 Å². The summed E-state index contributed by atoms with van der Waals surface area (Å²) < 4.78 is 5.77. The second-order valence-electron chi connectivity index (χ2n) is 6.54. The topological polar surface area (TPSA) is 67.4 Å². The molecular formula is C20H20N2O3. The molecule has 2 heterocycles. The summed E-state index contributed by atoms with van der Waals surface area (Å²) in [6, 6.07) is 13.2. The summed E-state index contributed by atoms with van der Waals surface area (Å²) in [5, 5.41) is 5.97. The average Bonchev–Trinajstić information content (AvgIpc) is 2.63. The summed E-state index contributed by atoms with van der Waals surface area (Å²) in [6.45, 7) is 2.92. The quantitative estimate of drug-likeness (QED) is 0.885. The summed E-state index contributed by atoms with van der Waals surface area (Å²) >= 11 is 0. The van der Waals surface area contributed by atoms with Crippen molar-refractivity contribution >= 4 is 11.8 Å². The van der Waals surface area contributed by atoms with E-state index in [9.17, 15) is 9.59 Å². The molecule has 0 aromatic heterocycles. The molecule has 0 radical (unpaired) electrons. The second kappa shape index (κ2) is 6.24. The van der Waals surface area contributed by atoms with Gasteiger partial charge in [0.1, 0.15) is 5.75 Å². The van der Waals surface area contributed by atoms with Crippen LogP contribution in [-0.2, 0) is 4.79 Å². The van der Waals surface area contributed by atoms with E-state index in [0.29, 0.717) is 18.7 Å². The van der Waals surface area contributed by atoms with Crippen LogP contribution in [0.25, 0.3) is 0 Å². The second-order valence-corrected chi connectivity index (χ2v) is 6.54. The van der Waals surface area contributed by atoms with Gasteiger partial charge in [0.05, 0.1) is 18.6 Å². The van der Waals surface area contributed by atoms with Crippen molar-refractivity contribution in [1.29, 1.82) is 0 Å². The highest BCUT2D eigenvalue weighted by Crippen LogP contribution is 2.35. The number of rotatable bonds is 2. The summed E-state index contributed by atoms with van der Waals surface area (Å²) in [4.78, 5) is 24.9. The van der Waals surface area contributed by atoms with Gasteiger partial charge in [0.15, 0.2) is 0 Å². The highest BCUT2D eigenvalue weighted by molar-refractivity contribution is 6.00. The first kappa shape index (κ1) is 15.7. The third kappa shape index (κ3) is 2.76. The van der Waals surface area contributed by atoms with Crippen molar-refractivity contribution in [3.8, 4) is 5.75 Å². The minimum absolute atomic E-state index is 0.0631. The fourth-order valence-electron chi connectivity index (χ4n) is 3.64. The number of nitrogens with one attached hydrogen (secondary N) is 2. The van der Waals surface area contributed by atoms with Gasteiger partial charge in [-0.25, -0.2) is 0 Å². The molecule has 0 spiro atoms. The maximum Gasteiger partial charge on any atom is 0.251 e. The SMILES string of the molecule is Cc1cccc2c1OCC[C@H]2NC(=O)C1CNC(=O)c2ccccc21. The number of para-hydroxylation sites is 1. The molecule has 0 saturated carbocycles. The first-order valence-electron chi connectivity index (χ1n) is 8.55. The Morgan fingerprint density at radius 1 is 1.16 bits per heavy atom. The van der Waals surface area contributed by atoms with Crippen LogP contribution in [0.15, 0.2) is 42.5 Å². The number of ether oxygens (including phenoxy) is 1. The number of amides is 2. The van der Waals surface area contributed by atoms with E-state index in [1.54, 1.807) is 6.07 Å². The summed E-state index contributed by atoms with van der Waals surface area (Å²) in [6.07, 6.45) is 0.739. The van der Waals surface area contributed by atoms with E-state index in [-0.39, 0.29) is 23.8 Å². The van der Waals surface area contributed by atoms with Gasteiger partial charge in [-0.3, -0.25) is 9.59 Å². The summed E-state index contributed by atoms with van der Waals surface area (Å²) in [5.41, 5.74) is 3.47. The number of fused-ring (bicyclic) bond motifs is 2. The monoisotopic (exact) mass is 336 g/mol. The zero-order chi connectivity index (χ0) is 17.4. The van der Waals surface area contributed by atoms with Crippen LogP contribution in [0.2, 0.25) is 0 Å². The molecule has 2 aromatic rings. The normalized spacial score (nSPS) is 21.4. The zero-order valence-electron chi connectivity index (χ0n) is 14.0. The first-order valence-corrected chi connectivity index (χ1v) is 8.55. The Labute approximate surface area is 146 Å². The Morgan fingerprint density at radius 2 is 1.96 bits per heavy atom. The van der Waals surface area contributed by atoms with E-state index >= 15 is 0 Å². The molecule has 25 heavy (non-hydrogen) atoms. The number of carbonyl (C=O) groups is 2. The lowest BCUT2D eigenvalue weighted by Gasteiger charge is -2.31. The molecule has 2 N–H and O–H groups in total. The van der Waals surface area contributed by atoms with Gasteiger partial charge < -0.3 is 15.4 Å². The van der Waals surface area contributed by atoms with Crippen LogP contribution < -0.4 is 15.4 Å². The van der Waals surface area contributed by atoms with E-state index in [1.807, 2.05) is 43.3 Å². The maximum absolute atomic E-state index is 12.9. The Kier molecular flexibility index (Phi) is 3.92. The van der Waals surface area contributed by atoms with Crippen LogP contribution >= 0.6 is 0 Å². The van der Waals surface area contributed by atoms with Crippen LogP contribution in [0.4, 0.5) is 0 Å². The lowest BCUT2D eigenvalue weighted by Crippen LogP contribution is -2.43. The van der Waals surface area contributed by atoms with Crippen molar-refractivity contribution in [2.24, 2.45) is 0 Å². The molecule has 2 aromatic carbocycles. The minimum Gasteiger partial charge on any atom is -0.493 e. The maximum atomic E-state index is 12.9. The molecule has 0 aliphatic carbocycles. The van der Waals surface area contributed by atoms with Crippen LogP contribution in [0.3, 0.4) is 0 Å². The molecule has 0 fully saturated rings. The standard InChI is InChI=1S/C20H20N2O3/c1-12-5-4-8-15-17(9-10-25-18(12)15)22-20(24)16-11-21-19(23)14-7-3-2-6-13(14)16/h2-8,16-17H,9-11H2,1H3,(H,21,23)(H,22,24)/t16?,17-/m1/s1. The molecule has 4 rings (SSSR count). The molecule has 2 amide bonds. The summed E-state index contributed by atoms with van der Waals surface area (Å²) in [7, 11) is 0. The van der Waals surface area contributed by atoms with Gasteiger partial charge in [-0.2, -0.15) is 0 Å². The molecule has 128 valence electrons. The number of aryl methyl sites for hydroxylation is 1. The van der Waals surface area contributed by atoms with Gasteiger partial charge in [0, 0.05) is 24.1 Å². The molecular weight excluding hydrogens is 316 g/mol. The largest absolute Gasteiger partial charge is 0.493 e. The fourth-order valence-corrected chi connectivity index (χ4v) is 3.64. The zero-order valence-corrected chi connectivity index (χ0v) is 14.0. The predicted octanol–water partition coefficient (Wildman–Crippen LogP) is 2.46. The molecule has 0 saturated heterocycles. The molecule has 2 atom stereocenters. The van der Waals surface area contributed by atoms with Gasteiger partial charge in [-0.15, -0.1) is 0 Å². The first-order chi connectivity index (χ1) is 12.1. The van der Waals surface area contributed by atoms with Gasteiger partial charge in [-0.1, -0.05) is 36.4 Å². The molecule has 2 aliphatic rings. The lowest BCUT2D eigenvalue weighted by molar-refractivity contribution is -0.123. The smallest absolute Gasteiger partial charge is 0.251 e. The third-order valence-electron chi connectivity index (χ3n) is 4.95. The Morgan fingerprint density at radius 3 is 2.84 bits per heavy atom. The van der Waals surface area contributed by atoms with Gasteiger partial charge in [-0.05, 0) is 24.1 Å². The van der Waals surface area contributed by atoms with E-state index < -0.39 is 0 Å². The van der Waals surface area contributed by atoms with E-state index in [0.717, 1.165) is 28.9 Å².